The average Bonchev–Trinajstić information content (AvgIpc) is 2.82. The van der Waals surface area contributed by atoms with Crippen LogP contribution < -0.4 is 0 Å². The average molecular weight is 244 g/mol. The van der Waals surface area contributed by atoms with Crippen molar-refractivity contribution in [1.29, 1.82) is 0 Å². The molecule has 4 nitrogen and oxygen atoms in total. The van der Waals surface area contributed by atoms with Gasteiger partial charge in [0.05, 0.1) is 11.4 Å². The van der Waals surface area contributed by atoms with Crippen LogP contribution in [0.5, 0.6) is 0 Å². The first-order valence-corrected chi connectivity index (χ1v) is 5.98. The number of thiazole rings is 1. The number of hydrogen-bond donors (Lipinski definition) is 0. The first-order chi connectivity index (χ1) is 8.20. The standard InChI is InChI=1S/C12H12N4S/c1-8-7-11(9(2)6-10(8)13-3)15-16-12-14-4-5-17-12/h4-7H,3H2,1-2H3/b16-15+. The molecular weight excluding hydrogens is 232 g/mol. The van der Waals surface area contributed by atoms with Gasteiger partial charge in [-0.15, -0.1) is 21.6 Å². The highest BCUT2D eigenvalue weighted by Gasteiger charge is 2.02. The largest absolute Gasteiger partial charge is 0.264 e. The van der Waals surface area contributed by atoms with E-state index >= 15 is 0 Å². The minimum absolute atomic E-state index is 0.660. The number of hydrogen-bond acceptors (Lipinski definition) is 5. The summed E-state index contributed by atoms with van der Waals surface area (Å²) in [5.74, 6) is 0. The summed E-state index contributed by atoms with van der Waals surface area (Å²) in [5.41, 5.74) is 3.79. The van der Waals surface area contributed by atoms with E-state index in [1.54, 1.807) is 6.20 Å². The molecule has 0 N–H and O–H groups in total. The van der Waals surface area contributed by atoms with Crippen LogP contribution in [0.25, 0.3) is 0 Å². The van der Waals surface area contributed by atoms with Gasteiger partial charge >= 0.3 is 0 Å². The zero-order chi connectivity index (χ0) is 12.3. The molecule has 0 atom stereocenters. The molecule has 1 aromatic heterocycles. The first kappa shape index (κ1) is 11.6. The fourth-order valence-electron chi connectivity index (χ4n) is 1.43. The lowest BCUT2D eigenvalue weighted by atomic mass is 10.1. The Bertz CT molecular complexity index is 558. The van der Waals surface area contributed by atoms with E-state index in [1.165, 1.54) is 11.3 Å². The lowest BCUT2D eigenvalue weighted by Crippen LogP contribution is -1.79. The van der Waals surface area contributed by atoms with Gasteiger partial charge in [0.2, 0.25) is 5.13 Å². The highest BCUT2D eigenvalue weighted by molar-refractivity contribution is 7.13. The second kappa shape index (κ2) is 4.97. The molecule has 0 unspecified atom stereocenters. The quantitative estimate of drug-likeness (QED) is 0.579. The fraction of sp³-hybridized carbons (Fsp3) is 0.167. The summed E-state index contributed by atoms with van der Waals surface area (Å²) in [6.07, 6.45) is 1.71. The van der Waals surface area contributed by atoms with Gasteiger partial charge in [-0.2, -0.15) is 0 Å². The van der Waals surface area contributed by atoms with Gasteiger partial charge in [-0.1, -0.05) is 0 Å². The van der Waals surface area contributed by atoms with Crippen LogP contribution in [0, 0.1) is 13.8 Å². The smallest absolute Gasteiger partial charge is 0.229 e. The molecule has 0 aliphatic rings. The maximum atomic E-state index is 4.20. The van der Waals surface area contributed by atoms with Crippen LogP contribution in [-0.2, 0) is 0 Å². The van der Waals surface area contributed by atoms with Gasteiger partial charge in [0, 0.05) is 11.6 Å². The highest BCUT2D eigenvalue weighted by Crippen LogP contribution is 2.29. The number of rotatable bonds is 3. The Hall–Kier alpha value is -1.88. The normalized spacial score (nSPS) is 10.9. The summed E-state index contributed by atoms with van der Waals surface area (Å²) in [5, 5.41) is 10.8. The molecule has 5 heteroatoms. The zero-order valence-corrected chi connectivity index (χ0v) is 10.5. The number of benzene rings is 1. The molecule has 1 aromatic carbocycles. The van der Waals surface area contributed by atoms with E-state index in [1.807, 2.05) is 31.4 Å². The van der Waals surface area contributed by atoms with Crippen molar-refractivity contribution in [3.63, 3.8) is 0 Å². The topological polar surface area (TPSA) is 50.0 Å². The van der Waals surface area contributed by atoms with Crippen LogP contribution in [-0.4, -0.2) is 11.7 Å². The molecular formula is C12H12N4S. The fourth-order valence-corrected chi connectivity index (χ4v) is 1.88. The Labute approximate surface area is 104 Å². The third kappa shape index (κ3) is 2.62. The molecule has 0 amide bonds. The second-order valence-corrected chi connectivity index (χ2v) is 4.47. The summed E-state index contributed by atoms with van der Waals surface area (Å²) >= 11 is 1.46. The Kier molecular flexibility index (Phi) is 3.39. The predicted molar refractivity (Wildman–Crippen MR) is 71.4 cm³/mol. The van der Waals surface area contributed by atoms with Gasteiger partial charge in [-0.05, 0) is 43.8 Å². The lowest BCUT2D eigenvalue weighted by Gasteiger charge is -2.04. The molecule has 0 bridgehead atoms. The third-order valence-electron chi connectivity index (χ3n) is 2.35. The van der Waals surface area contributed by atoms with E-state index < -0.39 is 0 Å². The molecule has 86 valence electrons. The van der Waals surface area contributed by atoms with Crippen molar-refractivity contribution in [2.45, 2.75) is 13.8 Å². The second-order valence-electron chi connectivity index (χ2n) is 3.60. The van der Waals surface area contributed by atoms with Crippen LogP contribution in [0.3, 0.4) is 0 Å². The summed E-state index contributed by atoms with van der Waals surface area (Å²) in [7, 11) is 0. The van der Waals surface area contributed by atoms with Crippen molar-refractivity contribution in [3.05, 3.63) is 34.8 Å². The Morgan fingerprint density at radius 1 is 1.12 bits per heavy atom. The molecule has 0 fully saturated rings. The minimum Gasteiger partial charge on any atom is -0.264 e. The lowest BCUT2D eigenvalue weighted by molar-refractivity contribution is 1.17. The van der Waals surface area contributed by atoms with Gasteiger partial charge in [-0.3, -0.25) is 4.99 Å². The van der Waals surface area contributed by atoms with Crippen LogP contribution in [0.4, 0.5) is 16.5 Å². The third-order valence-corrected chi connectivity index (χ3v) is 3.00. The van der Waals surface area contributed by atoms with Gasteiger partial charge in [0.1, 0.15) is 0 Å². The van der Waals surface area contributed by atoms with Crippen molar-refractivity contribution >= 4 is 34.6 Å². The van der Waals surface area contributed by atoms with Crippen molar-refractivity contribution in [1.82, 2.24) is 4.98 Å². The van der Waals surface area contributed by atoms with Gasteiger partial charge in [0.25, 0.3) is 0 Å². The highest BCUT2D eigenvalue weighted by atomic mass is 32.1. The van der Waals surface area contributed by atoms with Crippen molar-refractivity contribution in [3.8, 4) is 0 Å². The predicted octanol–water partition coefficient (Wildman–Crippen LogP) is 4.51. The molecule has 0 aliphatic heterocycles. The van der Waals surface area contributed by atoms with E-state index in [9.17, 15) is 0 Å². The van der Waals surface area contributed by atoms with Crippen molar-refractivity contribution in [2.24, 2.45) is 15.2 Å². The van der Waals surface area contributed by atoms with Gasteiger partial charge < -0.3 is 0 Å². The summed E-state index contributed by atoms with van der Waals surface area (Å²) in [4.78, 5) is 8.00. The Morgan fingerprint density at radius 2 is 1.82 bits per heavy atom. The number of aliphatic imine (C=N–C) groups is 1. The molecule has 0 saturated heterocycles. The Morgan fingerprint density at radius 3 is 2.47 bits per heavy atom. The summed E-state index contributed by atoms with van der Waals surface area (Å²) in [6, 6.07) is 3.91. The first-order valence-electron chi connectivity index (χ1n) is 5.10. The SMILES string of the molecule is C=Nc1cc(C)c(/N=N/c2nccs2)cc1C. The van der Waals surface area contributed by atoms with E-state index in [-0.39, 0.29) is 0 Å². The number of aryl methyl sites for hydroxylation is 2. The zero-order valence-electron chi connectivity index (χ0n) is 9.71. The Balaban J connectivity index is 2.33. The monoisotopic (exact) mass is 244 g/mol. The van der Waals surface area contributed by atoms with Gasteiger partial charge in [0.15, 0.2) is 0 Å². The summed E-state index contributed by atoms with van der Waals surface area (Å²) < 4.78 is 0. The van der Waals surface area contributed by atoms with E-state index in [4.69, 9.17) is 0 Å². The van der Waals surface area contributed by atoms with E-state index in [0.717, 1.165) is 22.5 Å². The van der Waals surface area contributed by atoms with Crippen LogP contribution in [0.2, 0.25) is 0 Å². The van der Waals surface area contributed by atoms with Crippen molar-refractivity contribution < 1.29 is 0 Å². The number of nitrogens with zero attached hydrogens (tertiary/aromatic N) is 4. The van der Waals surface area contributed by atoms with Crippen LogP contribution in [0.1, 0.15) is 11.1 Å². The number of aromatic nitrogens is 1. The molecule has 0 saturated carbocycles. The van der Waals surface area contributed by atoms with Crippen LogP contribution in [0.15, 0.2) is 38.9 Å². The van der Waals surface area contributed by atoms with E-state index in [2.05, 4.69) is 26.9 Å². The van der Waals surface area contributed by atoms with Gasteiger partial charge in [-0.25, -0.2) is 4.98 Å². The van der Waals surface area contributed by atoms with Crippen molar-refractivity contribution in [2.75, 3.05) is 0 Å². The molecule has 2 aromatic rings. The minimum atomic E-state index is 0.660. The maximum Gasteiger partial charge on any atom is 0.229 e. The van der Waals surface area contributed by atoms with Crippen LogP contribution >= 0.6 is 11.3 Å². The van der Waals surface area contributed by atoms with E-state index in [0.29, 0.717) is 5.13 Å². The molecule has 17 heavy (non-hydrogen) atoms. The molecule has 0 aliphatic carbocycles. The molecule has 1 heterocycles. The number of azo groups is 1. The maximum absolute atomic E-state index is 4.20. The molecule has 0 radical (unpaired) electrons. The summed E-state index contributed by atoms with van der Waals surface area (Å²) in [6.45, 7) is 7.49. The molecule has 2 rings (SSSR count). The molecule has 0 spiro atoms.